The number of rotatable bonds is 4. The molecule has 94 valence electrons. The highest BCUT2D eigenvalue weighted by molar-refractivity contribution is 5.63. The molecule has 6 heteroatoms. The Morgan fingerprint density at radius 1 is 1.33 bits per heavy atom. The summed E-state index contributed by atoms with van der Waals surface area (Å²) in [6, 6.07) is 7.45. The van der Waals surface area contributed by atoms with Gasteiger partial charge in [-0.05, 0) is 26.0 Å². The first-order chi connectivity index (χ1) is 8.65. The van der Waals surface area contributed by atoms with Gasteiger partial charge in [-0.1, -0.05) is 12.1 Å². The molecule has 1 aromatic carbocycles. The minimum atomic E-state index is -0.498. The first-order valence-electron chi connectivity index (χ1n) is 5.59. The number of ether oxygens (including phenoxy) is 1. The third-order valence-corrected chi connectivity index (χ3v) is 2.08. The minimum Gasteiger partial charge on any atom is -0.489 e. The van der Waals surface area contributed by atoms with Gasteiger partial charge in [-0.3, -0.25) is 0 Å². The molecule has 2 rings (SSSR count). The van der Waals surface area contributed by atoms with Gasteiger partial charge in [-0.25, -0.2) is 9.89 Å². The molecular formula is C12H14N4O2. The molecule has 0 fully saturated rings. The van der Waals surface area contributed by atoms with E-state index in [1.54, 1.807) is 0 Å². The Kier molecular flexibility index (Phi) is 3.57. The zero-order valence-corrected chi connectivity index (χ0v) is 10.2. The Balaban J connectivity index is 2.26. The average molecular weight is 246 g/mol. The number of H-pyrrole nitrogens is 1. The predicted octanol–water partition coefficient (Wildman–Crippen LogP) is 1.70. The highest BCUT2D eigenvalue weighted by Crippen LogP contribution is 2.26. The fourth-order valence-corrected chi connectivity index (χ4v) is 1.44. The maximum Gasteiger partial charge on any atom is 0.363 e. The van der Waals surface area contributed by atoms with Crippen molar-refractivity contribution in [1.29, 1.82) is 0 Å². The monoisotopic (exact) mass is 246 g/mol. The summed E-state index contributed by atoms with van der Waals surface area (Å²) < 4.78 is 5.65. The molecule has 0 saturated heterocycles. The Hall–Kier alpha value is -2.37. The van der Waals surface area contributed by atoms with E-state index in [1.165, 1.54) is 6.20 Å². The number of anilines is 2. The summed E-state index contributed by atoms with van der Waals surface area (Å²) in [6.07, 6.45) is 1.51. The third-order valence-electron chi connectivity index (χ3n) is 2.08. The Bertz CT molecular complexity index is 580. The molecule has 1 aromatic heterocycles. The van der Waals surface area contributed by atoms with Gasteiger partial charge >= 0.3 is 5.69 Å². The van der Waals surface area contributed by atoms with E-state index in [2.05, 4.69) is 20.5 Å². The zero-order chi connectivity index (χ0) is 13.0. The second kappa shape index (κ2) is 5.31. The second-order valence-electron chi connectivity index (χ2n) is 3.96. The van der Waals surface area contributed by atoms with Crippen LogP contribution in [0.5, 0.6) is 5.75 Å². The van der Waals surface area contributed by atoms with E-state index in [1.807, 2.05) is 38.1 Å². The van der Waals surface area contributed by atoms with Crippen LogP contribution in [-0.2, 0) is 0 Å². The Labute approximate surface area is 104 Å². The summed E-state index contributed by atoms with van der Waals surface area (Å²) in [5, 5.41) is 8.88. The molecule has 2 aromatic rings. The SMILES string of the molecule is CC(C)Oc1ccccc1Nc1cn[nH]c(=O)n1. The molecular weight excluding hydrogens is 232 g/mol. The largest absolute Gasteiger partial charge is 0.489 e. The molecule has 0 amide bonds. The summed E-state index contributed by atoms with van der Waals surface area (Å²) in [7, 11) is 0. The molecule has 2 N–H and O–H groups in total. The maximum atomic E-state index is 11.0. The maximum absolute atomic E-state index is 11.0. The summed E-state index contributed by atoms with van der Waals surface area (Å²) in [6.45, 7) is 3.90. The van der Waals surface area contributed by atoms with Crippen LogP contribution in [0, 0.1) is 0 Å². The topological polar surface area (TPSA) is 79.9 Å². The smallest absolute Gasteiger partial charge is 0.363 e. The van der Waals surface area contributed by atoms with Gasteiger partial charge in [0.25, 0.3) is 0 Å². The van der Waals surface area contributed by atoms with Gasteiger partial charge in [0.1, 0.15) is 5.75 Å². The first-order valence-corrected chi connectivity index (χ1v) is 5.59. The van der Waals surface area contributed by atoms with Crippen molar-refractivity contribution in [1.82, 2.24) is 15.2 Å². The van der Waals surface area contributed by atoms with Gasteiger partial charge in [0, 0.05) is 0 Å². The summed E-state index contributed by atoms with van der Waals surface area (Å²) in [5.74, 6) is 1.08. The van der Waals surface area contributed by atoms with Crippen LogP contribution >= 0.6 is 0 Å². The van der Waals surface area contributed by atoms with Crippen LogP contribution in [0.1, 0.15) is 13.8 Å². The number of aromatic nitrogens is 3. The number of nitrogens with one attached hydrogen (secondary N) is 2. The molecule has 0 bridgehead atoms. The van der Waals surface area contributed by atoms with Crippen molar-refractivity contribution < 1.29 is 4.74 Å². The quantitative estimate of drug-likeness (QED) is 0.858. The van der Waals surface area contributed by atoms with Gasteiger partial charge in [-0.15, -0.1) is 0 Å². The molecule has 0 saturated carbocycles. The van der Waals surface area contributed by atoms with Crippen LogP contribution < -0.4 is 15.7 Å². The molecule has 0 atom stereocenters. The predicted molar refractivity (Wildman–Crippen MR) is 68.1 cm³/mol. The zero-order valence-electron chi connectivity index (χ0n) is 10.2. The van der Waals surface area contributed by atoms with Crippen LogP contribution in [0.4, 0.5) is 11.5 Å². The van der Waals surface area contributed by atoms with Crippen LogP contribution in [0.2, 0.25) is 0 Å². The van der Waals surface area contributed by atoms with Crippen molar-refractivity contribution in [3.8, 4) is 5.75 Å². The van der Waals surface area contributed by atoms with E-state index >= 15 is 0 Å². The Morgan fingerprint density at radius 3 is 2.83 bits per heavy atom. The molecule has 0 aliphatic carbocycles. The highest BCUT2D eigenvalue weighted by atomic mass is 16.5. The lowest BCUT2D eigenvalue weighted by Gasteiger charge is -2.14. The van der Waals surface area contributed by atoms with Gasteiger partial charge in [0.05, 0.1) is 18.0 Å². The molecule has 0 aliphatic rings. The van der Waals surface area contributed by atoms with Gasteiger partial charge in [0.2, 0.25) is 0 Å². The molecule has 18 heavy (non-hydrogen) atoms. The van der Waals surface area contributed by atoms with E-state index in [0.29, 0.717) is 11.6 Å². The van der Waals surface area contributed by atoms with Crippen molar-refractivity contribution >= 4 is 11.5 Å². The van der Waals surface area contributed by atoms with Crippen LogP contribution in [0.25, 0.3) is 0 Å². The van der Waals surface area contributed by atoms with Crippen molar-refractivity contribution in [2.24, 2.45) is 0 Å². The van der Waals surface area contributed by atoms with E-state index in [9.17, 15) is 4.79 Å². The number of para-hydroxylation sites is 2. The van der Waals surface area contributed by atoms with E-state index in [4.69, 9.17) is 4.74 Å². The lowest BCUT2D eigenvalue weighted by atomic mass is 10.3. The lowest BCUT2D eigenvalue weighted by molar-refractivity contribution is 0.244. The third kappa shape index (κ3) is 3.07. The summed E-state index contributed by atoms with van der Waals surface area (Å²) in [4.78, 5) is 14.8. The summed E-state index contributed by atoms with van der Waals surface area (Å²) >= 11 is 0. The molecule has 1 heterocycles. The van der Waals surface area contributed by atoms with Crippen molar-refractivity contribution in [3.05, 3.63) is 40.9 Å². The molecule has 0 unspecified atom stereocenters. The fraction of sp³-hybridized carbons (Fsp3) is 0.250. The second-order valence-corrected chi connectivity index (χ2v) is 3.96. The van der Waals surface area contributed by atoms with Crippen LogP contribution in [0.15, 0.2) is 35.3 Å². The number of hydrogen-bond acceptors (Lipinski definition) is 5. The van der Waals surface area contributed by atoms with E-state index in [-0.39, 0.29) is 6.10 Å². The van der Waals surface area contributed by atoms with Gasteiger partial charge in [0.15, 0.2) is 5.82 Å². The van der Waals surface area contributed by atoms with Crippen molar-refractivity contribution in [3.63, 3.8) is 0 Å². The molecule has 0 spiro atoms. The van der Waals surface area contributed by atoms with Crippen molar-refractivity contribution in [2.75, 3.05) is 5.32 Å². The highest BCUT2D eigenvalue weighted by Gasteiger charge is 2.06. The normalized spacial score (nSPS) is 10.4. The molecule has 6 nitrogen and oxygen atoms in total. The lowest BCUT2D eigenvalue weighted by Crippen LogP contribution is -2.14. The van der Waals surface area contributed by atoms with E-state index in [0.717, 1.165) is 5.69 Å². The standard InChI is InChI=1S/C12H14N4O2/c1-8(2)18-10-6-4-3-5-9(10)14-11-7-13-16-12(17)15-11/h3-8H,1-2H3,(H2,14,15,16,17). The van der Waals surface area contributed by atoms with Crippen molar-refractivity contribution in [2.45, 2.75) is 20.0 Å². The Morgan fingerprint density at radius 2 is 2.11 bits per heavy atom. The minimum absolute atomic E-state index is 0.0678. The van der Waals surface area contributed by atoms with Crippen LogP contribution in [0.3, 0.4) is 0 Å². The number of hydrogen-bond donors (Lipinski definition) is 2. The number of aromatic amines is 1. The number of nitrogens with zero attached hydrogens (tertiary/aromatic N) is 2. The van der Waals surface area contributed by atoms with Gasteiger partial charge < -0.3 is 10.1 Å². The first kappa shape index (κ1) is 12.1. The summed E-state index contributed by atoms with van der Waals surface area (Å²) in [5.41, 5.74) is 0.244. The molecule has 0 radical (unpaired) electrons. The molecule has 0 aliphatic heterocycles. The van der Waals surface area contributed by atoms with Crippen LogP contribution in [-0.4, -0.2) is 21.3 Å². The fourth-order valence-electron chi connectivity index (χ4n) is 1.44. The van der Waals surface area contributed by atoms with E-state index < -0.39 is 5.69 Å². The number of benzene rings is 1. The van der Waals surface area contributed by atoms with Gasteiger partial charge in [-0.2, -0.15) is 10.1 Å². The average Bonchev–Trinajstić information content (AvgIpc) is 2.31.